The fraction of sp³-hybridized carbons (Fsp3) is 0.263. The van der Waals surface area contributed by atoms with E-state index in [-0.39, 0.29) is 57.0 Å². The fourth-order valence-electron chi connectivity index (χ4n) is 3.31. The molecule has 2 aromatic rings. The summed E-state index contributed by atoms with van der Waals surface area (Å²) in [6, 6.07) is 2.13. The lowest BCUT2D eigenvalue weighted by Gasteiger charge is -2.49. The summed E-state index contributed by atoms with van der Waals surface area (Å²) in [5.41, 5.74) is 5.89. The number of thiazole rings is 1. The third-order valence-corrected chi connectivity index (χ3v) is 7.77. The maximum atomic E-state index is 12.8. The number of carbonyl (C=O) groups excluding carboxylic acids is 3. The van der Waals surface area contributed by atoms with E-state index < -0.39 is 29.2 Å². The van der Waals surface area contributed by atoms with Crippen molar-refractivity contribution in [2.24, 2.45) is 5.16 Å². The molecule has 16 heteroatoms. The summed E-state index contributed by atoms with van der Waals surface area (Å²) >= 11 is 3.29. The SMILES string of the molecule is CO/N=C(\C(=O)N[C@@H]1C(=O)N2C(C(=O)O)=C(CSC(=O)c3ccco3)CSC12)c1csc(N)n1.Cl. The van der Waals surface area contributed by atoms with Gasteiger partial charge in [-0.2, -0.15) is 0 Å². The van der Waals surface area contributed by atoms with Crippen LogP contribution in [-0.2, 0) is 19.2 Å². The Morgan fingerprint density at radius 2 is 2.23 bits per heavy atom. The van der Waals surface area contributed by atoms with Crippen LogP contribution in [0.25, 0.3) is 0 Å². The highest BCUT2D eigenvalue weighted by molar-refractivity contribution is 8.14. The number of carbonyl (C=O) groups is 4. The molecule has 0 spiro atoms. The molecule has 0 radical (unpaired) electrons. The van der Waals surface area contributed by atoms with E-state index in [2.05, 4.69) is 15.5 Å². The van der Waals surface area contributed by atoms with Gasteiger partial charge in [-0.25, -0.2) is 9.78 Å². The van der Waals surface area contributed by atoms with Gasteiger partial charge in [0, 0.05) is 16.9 Å². The highest BCUT2D eigenvalue weighted by Crippen LogP contribution is 2.41. The van der Waals surface area contributed by atoms with E-state index in [1.165, 1.54) is 36.6 Å². The van der Waals surface area contributed by atoms with Gasteiger partial charge in [-0.3, -0.25) is 19.3 Å². The molecule has 12 nitrogen and oxygen atoms in total. The number of nitrogens with one attached hydrogen (secondary N) is 1. The molecule has 4 rings (SSSR count). The van der Waals surface area contributed by atoms with Gasteiger partial charge in [0.2, 0.25) is 0 Å². The number of nitrogens with two attached hydrogens (primary N) is 1. The number of fused-ring (bicyclic) bond motifs is 1. The first-order chi connectivity index (χ1) is 16.3. The molecule has 1 saturated heterocycles. The Morgan fingerprint density at radius 1 is 1.46 bits per heavy atom. The van der Waals surface area contributed by atoms with E-state index >= 15 is 0 Å². The predicted octanol–water partition coefficient (Wildman–Crippen LogP) is 1.40. The molecule has 2 aromatic heterocycles. The van der Waals surface area contributed by atoms with Gasteiger partial charge < -0.3 is 25.4 Å². The van der Waals surface area contributed by atoms with Crippen molar-refractivity contribution in [1.29, 1.82) is 0 Å². The normalized spacial score (nSPS) is 19.4. The first kappa shape index (κ1) is 26.6. The number of rotatable bonds is 8. The predicted molar refractivity (Wildman–Crippen MR) is 133 cm³/mol. The van der Waals surface area contributed by atoms with Crippen LogP contribution in [0, 0.1) is 0 Å². The van der Waals surface area contributed by atoms with Crippen LogP contribution in [0.2, 0.25) is 0 Å². The maximum absolute atomic E-state index is 12.8. The molecule has 0 saturated carbocycles. The van der Waals surface area contributed by atoms with Gasteiger partial charge in [-0.15, -0.1) is 35.5 Å². The van der Waals surface area contributed by atoms with E-state index in [1.54, 1.807) is 6.07 Å². The van der Waals surface area contributed by atoms with Crippen LogP contribution in [0.15, 0.2) is 44.6 Å². The highest BCUT2D eigenvalue weighted by atomic mass is 35.5. The number of anilines is 1. The van der Waals surface area contributed by atoms with Crippen molar-refractivity contribution in [1.82, 2.24) is 15.2 Å². The number of aliphatic carboxylic acids is 1. The van der Waals surface area contributed by atoms with Crippen LogP contribution in [0.4, 0.5) is 5.13 Å². The molecule has 2 aliphatic rings. The lowest BCUT2D eigenvalue weighted by molar-refractivity contribution is -0.150. The van der Waals surface area contributed by atoms with Crippen molar-refractivity contribution < 1.29 is 33.5 Å². The third-order valence-electron chi connectivity index (χ3n) is 4.80. The average molecular weight is 560 g/mol. The Kier molecular flexibility index (Phi) is 8.47. The maximum Gasteiger partial charge on any atom is 0.352 e. The lowest BCUT2D eigenvalue weighted by atomic mass is 10.0. The Balaban J connectivity index is 0.00000342. The zero-order valence-electron chi connectivity index (χ0n) is 17.8. The van der Waals surface area contributed by atoms with E-state index in [1.807, 2.05) is 0 Å². The number of nitrogens with zero attached hydrogens (tertiary/aromatic N) is 3. The Labute approximate surface area is 216 Å². The average Bonchev–Trinajstić information content (AvgIpc) is 3.50. The number of carboxylic acid groups (broad SMARTS) is 1. The second kappa shape index (κ2) is 11.2. The molecule has 4 N–H and O–H groups in total. The molecule has 35 heavy (non-hydrogen) atoms. The zero-order chi connectivity index (χ0) is 24.4. The van der Waals surface area contributed by atoms with Crippen molar-refractivity contribution in [3.05, 3.63) is 46.5 Å². The topological polar surface area (TPSA) is 177 Å². The van der Waals surface area contributed by atoms with Crippen LogP contribution in [0.1, 0.15) is 16.2 Å². The van der Waals surface area contributed by atoms with Crippen molar-refractivity contribution in [3.8, 4) is 0 Å². The van der Waals surface area contributed by atoms with Gasteiger partial charge in [0.05, 0.1) is 6.26 Å². The molecule has 2 amide bonds. The smallest absolute Gasteiger partial charge is 0.352 e. The van der Waals surface area contributed by atoms with Crippen LogP contribution in [0.5, 0.6) is 0 Å². The van der Waals surface area contributed by atoms with E-state index in [9.17, 15) is 24.3 Å². The van der Waals surface area contributed by atoms with Crippen LogP contribution >= 0.6 is 47.3 Å². The first-order valence-electron chi connectivity index (χ1n) is 9.55. The monoisotopic (exact) mass is 559 g/mol. The molecule has 0 bridgehead atoms. The van der Waals surface area contributed by atoms with Crippen LogP contribution in [-0.4, -0.2) is 73.6 Å². The Morgan fingerprint density at radius 3 is 2.83 bits per heavy atom. The molecule has 2 aliphatic heterocycles. The molecule has 0 aromatic carbocycles. The summed E-state index contributed by atoms with van der Waals surface area (Å²) in [7, 11) is 1.26. The lowest BCUT2D eigenvalue weighted by Crippen LogP contribution is -2.71. The molecule has 0 aliphatic carbocycles. The number of β-lactam (4-membered cyclic amide) rings is 1. The number of hydrogen-bond acceptors (Lipinski definition) is 12. The summed E-state index contributed by atoms with van der Waals surface area (Å²) in [5, 5.41) is 16.8. The van der Waals surface area contributed by atoms with Crippen molar-refractivity contribution in [2.45, 2.75) is 11.4 Å². The van der Waals surface area contributed by atoms with Gasteiger partial charge in [-0.05, 0) is 17.7 Å². The third kappa shape index (κ3) is 5.32. The summed E-state index contributed by atoms with van der Waals surface area (Å²) in [6.45, 7) is 0. The van der Waals surface area contributed by atoms with Crippen molar-refractivity contribution in [3.63, 3.8) is 0 Å². The number of furan rings is 1. The fourth-order valence-corrected chi connectivity index (χ4v) is 6.14. The molecular weight excluding hydrogens is 542 g/mol. The van der Waals surface area contributed by atoms with Gasteiger partial charge in [0.15, 0.2) is 16.6 Å². The number of halogens is 1. The minimum absolute atomic E-state index is 0. The zero-order valence-corrected chi connectivity index (χ0v) is 21.1. The van der Waals surface area contributed by atoms with Gasteiger partial charge >= 0.3 is 5.97 Å². The Bertz CT molecular complexity index is 1210. The number of hydrogen-bond donors (Lipinski definition) is 3. The van der Waals surface area contributed by atoms with Crippen LogP contribution in [0.3, 0.4) is 0 Å². The standard InChI is InChI=1S/C19H17N5O7S3.ClH/c1-30-23-11(9-7-34-19(20)21-9)14(25)22-12-15(26)24-13(17(27)28)8(5-32-16(12)24)6-33-18(29)10-3-2-4-31-10;/h2-4,7,12,16H,5-6H2,1H3,(H2,20,21)(H,22,25)(H,27,28);1H/b23-11-;/t12-,16?;/m1./s1. The van der Waals surface area contributed by atoms with E-state index in [0.717, 1.165) is 28.0 Å². The number of thioether (sulfide) groups is 2. The largest absolute Gasteiger partial charge is 0.477 e. The van der Waals surface area contributed by atoms with E-state index in [0.29, 0.717) is 5.57 Å². The quantitative estimate of drug-likeness (QED) is 0.242. The summed E-state index contributed by atoms with van der Waals surface area (Å²) < 4.78 is 5.05. The minimum Gasteiger partial charge on any atom is -0.477 e. The first-order valence-corrected chi connectivity index (χ1v) is 12.5. The summed E-state index contributed by atoms with van der Waals surface area (Å²) in [5.74, 6) is -2.08. The number of amides is 2. The number of oxime groups is 1. The Hall–Kier alpha value is -3.01. The molecule has 1 unspecified atom stereocenters. The van der Waals surface area contributed by atoms with E-state index in [4.69, 9.17) is 15.0 Å². The van der Waals surface area contributed by atoms with Gasteiger partial charge in [0.1, 0.15) is 29.9 Å². The van der Waals surface area contributed by atoms with Crippen LogP contribution < -0.4 is 11.1 Å². The molecule has 1 fully saturated rings. The number of aromatic nitrogens is 1. The van der Waals surface area contributed by atoms with Crippen molar-refractivity contribution in [2.75, 3.05) is 24.3 Å². The van der Waals surface area contributed by atoms with Gasteiger partial charge in [-0.1, -0.05) is 16.9 Å². The molecule has 2 atom stereocenters. The summed E-state index contributed by atoms with van der Waals surface area (Å²) in [4.78, 5) is 59.6. The number of carboxylic acids is 1. The number of nitrogen functional groups attached to an aromatic ring is 1. The second-order valence-corrected chi connectivity index (χ2v) is 9.81. The second-order valence-electron chi connectivity index (χ2n) is 6.87. The summed E-state index contributed by atoms with van der Waals surface area (Å²) in [6.07, 6.45) is 1.37. The minimum atomic E-state index is -1.29. The highest BCUT2D eigenvalue weighted by Gasteiger charge is 2.54. The van der Waals surface area contributed by atoms with Gasteiger partial charge in [0.25, 0.3) is 16.9 Å². The molecule has 186 valence electrons. The molecular formula is C19H18ClN5O7S3. The van der Waals surface area contributed by atoms with Crippen molar-refractivity contribution >= 4 is 81.0 Å². The molecule has 4 heterocycles.